The third kappa shape index (κ3) is 4.89. The summed E-state index contributed by atoms with van der Waals surface area (Å²) in [5, 5.41) is 0. The maximum Gasteiger partial charge on any atom is 0.0605 e. The number of allylic oxidation sites excluding steroid dienone is 3. The summed E-state index contributed by atoms with van der Waals surface area (Å²) in [5.41, 5.74) is 15.4. The SMILES string of the molecule is C=C(C)c1ccc(C2=CCC3(C)CN(C(=C)C(CCC)(CCC)c4ccccc4)CC=C3C2(C)N)cc1. The first kappa shape index (κ1) is 27.2. The summed E-state index contributed by atoms with van der Waals surface area (Å²) in [4.78, 5) is 2.55. The first-order valence-corrected chi connectivity index (χ1v) is 14.1. The molecule has 2 N–H and O–H groups in total. The third-order valence-corrected chi connectivity index (χ3v) is 8.88. The second-order valence-electron chi connectivity index (χ2n) is 11.8. The molecule has 1 aliphatic heterocycles. The van der Waals surface area contributed by atoms with Crippen LogP contribution in [0.2, 0.25) is 0 Å². The molecule has 0 spiro atoms. The maximum atomic E-state index is 7.19. The summed E-state index contributed by atoms with van der Waals surface area (Å²) < 4.78 is 0. The van der Waals surface area contributed by atoms with Gasteiger partial charge in [-0.15, -0.1) is 0 Å². The Morgan fingerprint density at radius 3 is 2.14 bits per heavy atom. The molecule has 0 saturated heterocycles. The molecule has 0 saturated carbocycles. The summed E-state index contributed by atoms with van der Waals surface area (Å²) in [5.74, 6) is 0. The number of fused-ring (bicyclic) bond motifs is 1. The van der Waals surface area contributed by atoms with Gasteiger partial charge >= 0.3 is 0 Å². The second-order valence-corrected chi connectivity index (χ2v) is 11.8. The number of nitrogens with zero attached hydrogens (tertiary/aromatic N) is 1. The van der Waals surface area contributed by atoms with Crippen molar-refractivity contribution in [2.24, 2.45) is 11.1 Å². The van der Waals surface area contributed by atoms with E-state index in [-0.39, 0.29) is 10.8 Å². The average Bonchev–Trinajstić information content (AvgIpc) is 2.88. The lowest BCUT2D eigenvalue weighted by atomic mass is 9.61. The number of rotatable bonds is 9. The molecule has 1 heterocycles. The molecule has 0 fully saturated rings. The predicted octanol–water partition coefficient (Wildman–Crippen LogP) is 8.52. The Morgan fingerprint density at radius 1 is 0.946 bits per heavy atom. The third-order valence-electron chi connectivity index (χ3n) is 8.88. The van der Waals surface area contributed by atoms with Crippen LogP contribution in [-0.2, 0) is 5.41 Å². The van der Waals surface area contributed by atoms with Crippen LogP contribution in [0, 0.1) is 5.41 Å². The van der Waals surface area contributed by atoms with Crippen molar-refractivity contribution < 1.29 is 0 Å². The van der Waals surface area contributed by atoms with E-state index < -0.39 is 5.54 Å². The van der Waals surface area contributed by atoms with Crippen molar-refractivity contribution in [3.8, 4) is 0 Å². The summed E-state index contributed by atoms with van der Waals surface area (Å²) in [6.45, 7) is 21.9. The van der Waals surface area contributed by atoms with Gasteiger partial charge in [-0.05, 0) is 60.9 Å². The van der Waals surface area contributed by atoms with Crippen molar-refractivity contribution in [3.05, 3.63) is 108 Å². The van der Waals surface area contributed by atoms with E-state index in [2.05, 4.69) is 106 Å². The molecule has 2 atom stereocenters. The quantitative estimate of drug-likeness (QED) is 0.354. The number of hydrogen-bond acceptors (Lipinski definition) is 2. The van der Waals surface area contributed by atoms with E-state index in [1.807, 2.05) is 6.92 Å². The van der Waals surface area contributed by atoms with Gasteiger partial charge in [0, 0.05) is 29.6 Å². The van der Waals surface area contributed by atoms with Crippen LogP contribution >= 0.6 is 0 Å². The molecule has 0 aromatic heterocycles. The van der Waals surface area contributed by atoms with Gasteiger partial charge in [-0.1, -0.05) is 119 Å². The number of nitrogens with two attached hydrogens (primary N) is 1. The van der Waals surface area contributed by atoms with Crippen LogP contribution in [0.1, 0.15) is 83.4 Å². The molecule has 0 radical (unpaired) electrons. The first-order valence-electron chi connectivity index (χ1n) is 14.1. The predicted molar refractivity (Wildman–Crippen MR) is 161 cm³/mol. The zero-order valence-electron chi connectivity index (χ0n) is 23.7. The minimum absolute atomic E-state index is 0.0211. The molecule has 0 bridgehead atoms. The molecule has 2 nitrogen and oxygen atoms in total. The first-order chi connectivity index (χ1) is 17.6. The molecular formula is C35H46N2. The van der Waals surface area contributed by atoms with Gasteiger partial charge in [-0.2, -0.15) is 0 Å². The topological polar surface area (TPSA) is 29.3 Å². The van der Waals surface area contributed by atoms with Gasteiger partial charge in [-0.25, -0.2) is 0 Å². The normalized spacial score (nSPS) is 23.7. The van der Waals surface area contributed by atoms with Crippen LogP contribution in [0.4, 0.5) is 0 Å². The Kier molecular flexibility index (Phi) is 7.72. The molecule has 196 valence electrons. The lowest BCUT2D eigenvalue weighted by Crippen LogP contribution is -2.54. The molecule has 2 unspecified atom stereocenters. The lowest BCUT2D eigenvalue weighted by Gasteiger charge is -2.53. The van der Waals surface area contributed by atoms with Gasteiger partial charge < -0.3 is 10.6 Å². The highest BCUT2D eigenvalue weighted by Gasteiger charge is 2.48. The molecule has 2 aromatic rings. The minimum atomic E-state index is -0.505. The van der Waals surface area contributed by atoms with Crippen LogP contribution in [0.5, 0.6) is 0 Å². The fraction of sp³-hybridized carbons (Fsp3) is 0.429. The Bertz CT molecular complexity index is 1190. The zero-order valence-corrected chi connectivity index (χ0v) is 23.7. The molecule has 0 amide bonds. The van der Waals surface area contributed by atoms with Gasteiger partial charge in [0.25, 0.3) is 0 Å². The summed E-state index contributed by atoms with van der Waals surface area (Å²) in [6, 6.07) is 19.8. The summed E-state index contributed by atoms with van der Waals surface area (Å²) in [7, 11) is 0. The highest BCUT2D eigenvalue weighted by atomic mass is 15.2. The van der Waals surface area contributed by atoms with Crippen LogP contribution < -0.4 is 5.73 Å². The van der Waals surface area contributed by atoms with Crippen molar-refractivity contribution in [1.29, 1.82) is 0 Å². The molecule has 2 aliphatic rings. The highest BCUT2D eigenvalue weighted by molar-refractivity contribution is 5.79. The largest absolute Gasteiger partial charge is 0.370 e. The minimum Gasteiger partial charge on any atom is -0.370 e. The van der Waals surface area contributed by atoms with E-state index in [9.17, 15) is 0 Å². The van der Waals surface area contributed by atoms with Gasteiger partial charge in [0.15, 0.2) is 0 Å². The number of hydrogen-bond donors (Lipinski definition) is 1. The fourth-order valence-corrected chi connectivity index (χ4v) is 7.06. The van der Waals surface area contributed by atoms with Crippen molar-refractivity contribution in [3.63, 3.8) is 0 Å². The molecule has 2 heteroatoms. The van der Waals surface area contributed by atoms with E-state index in [1.165, 1.54) is 33.5 Å². The van der Waals surface area contributed by atoms with E-state index in [0.29, 0.717) is 0 Å². The zero-order chi connectivity index (χ0) is 26.8. The van der Waals surface area contributed by atoms with Crippen LogP contribution in [0.25, 0.3) is 11.1 Å². The van der Waals surface area contributed by atoms with E-state index in [1.54, 1.807) is 0 Å². The smallest absolute Gasteiger partial charge is 0.0605 e. The Balaban J connectivity index is 1.66. The Labute approximate surface area is 225 Å². The highest BCUT2D eigenvalue weighted by Crippen LogP contribution is 2.51. The number of benzene rings is 2. The van der Waals surface area contributed by atoms with Crippen molar-refractivity contribution in [2.45, 2.75) is 77.7 Å². The Hall–Kier alpha value is -2.84. The van der Waals surface area contributed by atoms with Crippen LogP contribution in [-0.4, -0.2) is 23.5 Å². The standard InChI is InChI=1S/C35H46N2/c1-8-21-35(22-9-2,30-13-11-10-12-14-30)27(5)37-24-20-32-33(6,25-37)23-19-31(34(32,7)36)29-17-15-28(16-18-29)26(3)4/h10-20H,3,5,8-9,21-25,36H2,1-2,4,6-7H3. The molecular weight excluding hydrogens is 448 g/mol. The fourth-order valence-electron chi connectivity index (χ4n) is 7.06. The monoisotopic (exact) mass is 494 g/mol. The summed E-state index contributed by atoms with van der Waals surface area (Å²) >= 11 is 0. The van der Waals surface area contributed by atoms with Crippen LogP contribution in [0.3, 0.4) is 0 Å². The van der Waals surface area contributed by atoms with E-state index in [4.69, 9.17) is 12.3 Å². The maximum absolute atomic E-state index is 7.19. The molecule has 37 heavy (non-hydrogen) atoms. The van der Waals surface area contributed by atoms with E-state index >= 15 is 0 Å². The van der Waals surface area contributed by atoms with Crippen molar-refractivity contribution in [1.82, 2.24) is 4.90 Å². The van der Waals surface area contributed by atoms with Gasteiger partial charge in [-0.3, -0.25) is 0 Å². The molecule has 2 aromatic carbocycles. The van der Waals surface area contributed by atoms with Crippen molar-refractivity contribution >= 4 is 11.1 Å². The lowest BCUT2D eigenvalue weighted by molar-refractivity contribution is 0.179. The van der Waals surface area contributed by atoms with Gasteiger partial charge in [0.05, 0.1) is 5.54 Å². The summed E-state index contributed by atoms with van der Waals surface area (Å²) in [6.07, 6.45) is 10.3. The van der Waals surface area contributed by atoms with Crippen LogP contribution in [0.15, 0.2) is 91.2 Å². The Morgan fingerprint density at radius 2 is 1.57 bits per heavy atom. The van der Waals surface area contributed by atoms with Gasteiger partial charge in [0.2, 0.25) is 0 Å². The average molecular weight is 495 g/mol. The van der Waals surface area contributed by atoms with E-state index in [0.717, 1.165) is 50.8 Å². The van der Waals surface area contributed by atoms with Crippen molar-refractivity contribution in [2.75, 3.05) is 13.1 Å². The second kappa shape index (κ2) is 10.5. The van der Waals surface area contributed by atoms with Gasteiger partial charge in [0.1, 0.15) is 0 Å². The molecule has 4 rings (SSSR count). The molecule has 1 aliphatic carbocycles.